The molecule has 1 amide bonds. The van der Waals surface area contributed by atoms with E-state index < -0.39 is 0 Å². The van der Waals surface area contributed by atoms with Crippen molar-refractivity contribution in [2.75, 3.05) is 5.43 Å². The van der Waals surface area contributed by atoms with Crippen LogP contribution in [-0.2, 0) is 4.79 Å². The number of hydrogen-bond donors (Lipinski definition) is 2. The van der Waals surface area contributed by atoms with Crippen LogP contribution < -0.4 is 5.43 Å². The fraction of sp³-hybridized carbons (Fsp3) is 0.462. The molecule has 0 radical (unpaired) electrons. The fourth-order valence-electron chi connectivity index (χ4n) is 1.88. The predicted molar refractivity (Wildman–Crippen MR) is 81.6 cm³/mol. The second kappa shape index (κ2) is 7.63. The molecule has 2 aromatic rings. The van der Waals surface area contributed by atoms with Gasteiger partial charge in [-0.15, -0.1) is 0 Å². The van der Waals surface area contributed by atoms with Crippen LogP contribution >= 0.6 is 12.2 Å². The van der Waals surface area contributed by atoms with Gasteiger partial charge in [-0.25, -0.2) is 14.8 Å². The molecule has 0 atom stereocenters. The Morgan fingerprint density at radius 1 is 1.38 bits per heavy atom. The fourth-order valence-corrected chi connectivity index (χ4v) is 2.06. The lowest BCUT2D eigenvalue weighted by molar-refractivity contribution is -0.117. The van der Waals surface area contributed by atoms with Crippen LogP contribution in [0.5, 0.6) is 0 Å². The minimum atomic E-state index is -0.0891. The molecule has 0 aliphatic carbocycles. The molecule has 0 aromatic carbocycles. The number of carbonyl (C=O) groups excluding carboxylic acids is 1. The summed E-state index contributed by atoms with van der Waals surface area (Å²) in [7, 11) is 0. The Hall–Kier alpha value is -2.09. The first-order valence-corrected chi connectivity index (χ1v) is 7.37. The number of H-pyrrole nitrogens is 1. The van der Waals surface area contributed by atoms with Gasteiger partial charge in [0.1, 0.15) is 5.69 Å². The van der Waals surface area contributed by atoms with Crippen LogP contribution in [0.1, 0.15) is 39.0 Å². The SMILES string of the molecule is CCCCCCC(=O)Nn1c(-c2cnccn2)n[nH]c1=S. The van der Waals surface area contributed by atoms with Gasteiger partial charge in [0.2, 0.25) is 16.5 Å². The molecular formula is C13H18N6OS. The van der Waals surface area contributed by atoms with Crippen molar-refractivity contribution in [1.29, 1.82) is 0 Å². The highest BCUT2D eigenvalue weighted by atomic mass is 32.1. The zero-order valence-electron chi connectivity index (χ0n) is 11.9. The highest BCUT2D eigenvalue weighted by molar-refractivity contribution is 7.71. The van der Waals surface area contributed by atoms with Crippen LogP contribution in [0.25, 0.3) is 11.5 Å². The number of nitrogens with zero attached hydrogens (tertiary/aromatic N) is 4. The van der Waals surface area contributed by atoms with E-state index in [1.807, 2.05) is 0 Å². The van der Waals surface area contributed by atoms with E-state index in [1.165, 1.54) is 4.68 Å². The number of hydrogen-bond acceptors (Lipinski definition) is 5. The van der Waals surface area contributed by atoms with Gasteiger partial charge in [-0.3, -0.25) is 15.2 Å². The van der Waals surface area contributed by atoms with Gasteiger partial charge in [-0.2, -0.15) is 5.10 Å². The predicted octanol–water partition coefficient (Wildman–Crippen LogP) is 2.44. The topological polar surface area (TPSA) is 88.5 Å². The van der Waals surface area contributed by atoms with Crippen molar-refractivity contribution in [1.82, 2.24) is 24.8 Å². The first-order chi connectivity index (χ1) is 10.2. The molecule has 0 bridgehead atoms. The van der Waals surface area contributed by atoms with Crippen LogP contribution in [0.15, 0.2) is 18.6 Å². The lowest BCUT2D eigenvalue weighted by atomic mass is 10.1. The average molecular weight is 306 g/mol. The highest BCUT2D eigenvalue weighted by Crippen LogP contribution is 2.11. The number of nitrogens with one attached hydrogen (secondary N) is 2. The Labute approximate surface area is 127 Å². The summed E-state index contributed by atoms with van der Waals surface area (Å²) in [5.41, 5.74) is 3.28. The molecule has 0 saturated heterocycles. The van der Waals surface area contributed by atoms with Gasteiger partial charge < -0.3 is 0 Å². The van der Waals surface area contributed by atoms with Gasteiger partial charge in [-0.05, 0) is 18.6 Å². The van der Waals surface area contributed by atoms with E-state index in [9.17, 15) is 4.79 Å². The van der Waals surface area contributed by atoms with Crippen molar-refractivity contribution in [2.45, 2.75) is 39.0 Å². The number of unbranched alkanes of at least 4 members (excludes halogenated alkanes) is 3. The van der Waals surface area contributed by atoms with Crippen molar-refractivity contribution in [3.63, 3.8) is 0 Å². The molecule has 0 unspecified atom stereocenters. The summed E-state index contributed by atoms with van der Waals surface area (Å²) in [6, 6.07) is 0. The Balaban J connectivity index is 2.05. The maximum Gasteiger partial charge on any atom is 0.238 e. The van der Waals surface area contributed by atoms with E-state index in [-0.39, 0.29) is 5.91 Å². The number of rotatable bonds is 7. The van der Waals surface area contributed by atoms with E-state index in [1.54, 1.807) is 18.6 Å². The van der Waals surface area contributed by atoms with E-state index in [0.717, 1.165) is 25.7 Å². The second-order valence-electron chi connectivity index (χ2n) is 4.62. The zero-order valence-corrected chi connectivity index (χ0v) is 12.7. The molecule has 0 spiro atoms. The standard InChI is InChI=1S/C13H18N6OS/c1-2-3-4-5-6-11(20)18-19-12(16-17-13(19)21)10-9-14-7-8-15-10/h7-9H,2-6H2,1H3,(H,17,21)(H,18,20). The molecule has 2 rings (SSSR count). The van der Waals surface area contributed by atoms with Gasteiger partial charge in [-0.1, -0.05) is 26.2 Å². The Morgan fingerprint density at radius 2 is 2.24 bits per heavy atom. The zero-order chi connectivity index (χ0) is 15.1. The molecule has 21 heavy (non-hydrogen) atoms. The van der Waals surface area contributed by atoms with Crippen LogP contribution in [0.3, 0.4) is 0 Å². The Morgan fingerprint density at radius 3 is 2.95 bits per heavy atom. The summed E-state index contributed by atoms with van der Waals surface area (Å²) in [4.78, 5) is 20.1. The van der Waals surface area contributed by atoms with E-state index in [2.05, 4.69) is 32.5 Å². The third-order valence-electron chi connectivity index (χ3n) is 2.96. The van der Waals surface area contributed by atoms with Crippen molar-refractivity contribution >= 4 is 18.1 Å². The van der Waals surface area contributed by atoms with Gasteiger partial charge in [0.05, 0.1) is 6.20 Å². The minimum absolute atomic E-state index is 0.0891. The molecule has 0 aliphatic rings. The largest absolute Gasteiger partial charge is 0.273 e. The molecule has 112 valence electrons. The maximum atomic E-state index is 12.0. The van der Waals surface area contributed by atoms with E-state index >= 15 is 0 Å². The molecule has 0 saturated carbocycles. The molecule has 2 N–H and O–H groups in total. The van der Waals surface area contributed by atoms with Gasteiger partial charge in [0.15, 0.2) is 0 Å². The average Bonchev–Trinajstić information content (AvgIpc) is 2.86. The Kier molecular flexibility index (Phi) is 5.56. The normalized spacial score (nSPS) is 10.5. The molecule has 8 heteroatoms. The van der Waals surface area contributed by atoms with Crippen molar-refractivity contribution in [3.8, 4) is 11.5 Å². The quantitative estimate of drug-likeness (QED) is 0.606. The molecular weight excluding hydrogens is 288 g/mol. The summed E-state index contributed by atoms with van der Waals surface area (Å²) >= 11 is 5.13. The first kappa shape index (κ1) is 15.3. The second-order valence-corrected chi connectivity index (χ2v) is 5.01. The van der Waals surface area contributed by atoms with Gasteiger partial charge >= 0.3 is 0 Å². The first-order valence-electron chi connectivity index (χ1n) is 6.96. The number of aromatic amines is 1. The number of aromatic nitrogens is 5. The van der Waals surface area contributed by atoms with Crippen LogP contribution in [0.4, 0.5) is 0 Å². The minimum Gasteiger partial charge on any atom is -0.273 e. The number of carbonyl (C=O) groups is 1. The van der Waals surface area contributed by atoms with Crippen LogP contribution in [0.2, 0.25) is 0 Å². The lowest BCUT2D eigenvalue weighted by Crippen LogP contribution is -2.23. The monoisotopic (exact) mass is 306 g/mol. The van der Waals surface area contributed by atoms with Crippen molar-refractivity contribution in [3.05, 3.63) is 23.4 Å². The molecule has 7 nitrogen and oxygen atoms in total. The molecule has 0 aliphatic heterocycles. The van der Waals surface area contributed by atoms with Gasteiger partial charge in [0.25, 0.3) is 0 Å². The molecule has 2 aromatic heterocycles. The van der Waals surface area contributed by atoms with Crippen LogP contribution in [-0.4, -0.2) is 30.7 Å². The smallest absolute Gasteiger partial charge is 0.238 e. The Bertz CT molecular complexity index is 636. The van der Waals surface area contributed by atoms with Crippen LogP contribution in [0, 0.1) is 4.77 Å². The summed E-state index contributed by atoms with van der Waals surface area (Å²) in [5.74, 6) is 0.351. The van der Waals surface area contributed by atoms with Gasteiger partial charge in [0, 0.05) is 18.8 Å². The third-order valence-corrected chi connectivity index (χ3v) is 3.23. The summed E-state index contributed by atoms with van der Waals surface area (Å²) < 4.78 is 1.75. The highest BCUT2D eigenvalue weighted by Gasteiger charge is 2.12. The molecule has 2 heterocycles. The molecule has 0 fully saturated rings. The summed E-state index contributed by atoms with van der Waals surface area (Å²) in [6.07, 6.45) is 9.37. The third kappa shape index (κ3) is 4.19. The summed E-state index contributed by atoms with van der Waals surface area (Å²) in [5, 5.41) is 6.73. The number of amides is 1. The van der Waals surface area contributed by atoms with Crippen molar-refractivity contribution in [2.24, 2.45) is 0 Å². The van der Waals surface area contributed by atoms with Crippen molar-refractivity contribution < 1.29 is 4.79 Å². The van der Waals surface area contributed by atoms with E-state index in [0.29, 0.717) is 22.7 Å². The maximum absolute atomic E-state index is 12.0. The summed E-state index contributed by atoms with van der Waals surface area (Å²) in [6.45, 7) is 2.14. The van der Waals surface area contributed by atoms with E-state index in [4.69, 9.17) is 12.2 Å². The lowest BCUT2D eigenvalue weighted by Gasteiger charge is -2.08.